The molecular weight excluding hydrogens is 250 g/mol. The van der Waals surface area contributed by atoms with E-state index in [9.17, 15) is 4.79 Å². The Hall–Kier alpha value is -1.35. The first-order valence-electron chi connectivity index (χ1n) is 7.29. The van der Waals surface area contributed by atoms with Crippen LogP contribution in [0.4, 0.5) is 0 Å². The molecule has 0 fully saturated rings. The van der Waals surface area contributed by atoms with Crippen molar-refractivity contribution in [3.8, 4) is 5.75 Å². The zero-order valence-electron chi connectivity index (χ0n) is 13.6. The molecule has 0 bridgehead atoms. The molecule has 3 nitrogen and oxygen atoms in total. The van der Waals surface area contributed by atoms with Gasteiger partial charge in [0.2, 0.25) is 0 Å². The first-order valence-corrected chi connectivity index (χ1v) is 7.29. The van der Waals surface area contributed by atoms with Gasteiger partial charge in [-0.15, -0.1) is 0 Å². The Morgan fingerprint density at radius 2 is 1.95 bits per heavy atom. The Balaban J connectivity index is 3.06. The monoisotopic (exact) mass is 277 g/mol. The van der Waals surface area contributed by atoms with E-state index < -0.39 is 0 Å². The maximum Gasteiger partial charge on any atom is 0.159 e. The highest BCUT2D eigenvalue weighted by molar-refractivity contribution is 5.94. The smallest absolute Gasteiger partial charge is 0.159 e. The normalized spacial score (nSPS) is 11.8. The molecule has 0 atom stereocenters. The molecule has 0 unspecified atom stereocenters. The third-order valence-electron chi connectivity index (χ3n) is 4.07. The number of ether oxygens (including phenoxy) is 1. The minimum atomic E-state index is 0.0895. The van der Waals surface area contributed by atoms with Gasteiger partial charge in [-0.25, -0.2) is 0 Å². The molecule has 112 valence electrons. The molecule has 0 spiro atoms. The molecule has 0 saturated heterocycles. The molecule has 0 radical (unpaired) electrons. The molecular formula is C17H27NO2. The van der Waals surface area contributed by atoms with Gasteiger partial charge in [-0.1, -0.05) is 6.92 Å². The predicted octanol–water partition coefficient (Wildman–Crippen LogP) is 3.91. The highest BCUT2D eigenvalue weighted by Crippen LogP contribution is 2.26. The molecule has 1 aromatic rings. The van der Waals surface area contributed by atoms with E-state index in [0.717, 1.165) is 29.8 Å². The molecule has 0 aliphatic heterocycles. The van der Waals surface area contributed by atoms with Gasteiger partial charge in [-0.2, -0.15) is 0 Å². The second-order valence-electron chi connectivity index (χ2n) is 5.83. The van der Waals surface area contributed by atoms with Crippen molar-refractivity contribution < 1.29 is 9.53 Å². The highest BCUT2D eigenvalue weighted by atomic mass is 16.5. The van der Waals surface area contributed by atoms with Crippen LogP contribution in [-0.4, -0.2) is 29.9 Å². The number of carbonyl (C=O) groups excluding carboxylic acids is 1. The second kappa shape index (κ2) is 6.89. The van der Waals surface area contributed by atoms with Crippen molar-refractivity contribution in [2.45, 2.75) is 53.1 Å². The lowest BCUT2D eigenvalue weighted by atomic mass is 9.98. The SMILES string of the molecule is CCOc1ccc(C(C)=O)cc1CN(C)C(C)(C)CC. The van der Waals surface area contributed by atoms with E-state index in [0.29, 0.717) is 6.61 Å². The fourth-order valence-electron chi connectivity index (χ4n) is 1.96. The molecule has 0 saturated carbocycles. The number of nitrogens with zero attached hydrogens (tertiary/aromatic N) is 1. The van der Waals surface area contributed by atoms with E-state index in [1.165, 1.54) is 0 Å². The van der Waals surface area contributed by atoms with E-state index in [1.807, 2.05) is 25.1 Å². The van der Waals surface area contributed by atoms with Gasteiger partial charge in [-0.05, 0) is 59.4 Å². The summed E-state index contributed by atoms with van der Waals surface area (Å²) in [6.07, 6.45) is 1.07. The lowest BCUT2D eigenvalue weighted by Gasteiger charge is -2.35. The van der Waals surface area contributed by atoms with Gasteiger partial charge >= 0.3 is 0 Å². The number of benzene rings is 1. The number of hydrogen-bond acceptors (Lipinski definition) is 3. The number of carbonyl (C=O) groups is 1. The molecule has 0 aliphatic rings. The van der Waals surface area contributed by atoms with Crippen LogP contribution < -0.4 is 4.74 Å². The van der Waals surface area contributed by atoms with Crippen molar-refractivity contribution >= 4 is 5.78 Å². The summed E-state index contributed by atoms with van der Waals surface area (Å²) in [5.41, 5.74) is 1.94. The zero-order chi connectivity index (χ0) is 15.3. The van der Waals surface area contributed by atoms with Crippen LogP contribution in [-0.2, 0) is 6.54 Å². The van der Waals surface area contributed by atoms with Crippen LogP contribution in [0.1, 0.15) is 57.0 Å². The van der Waals surface area contributed by atoms with Crippen molar-refractivity contribution in [2.24, 2.45) is 0 Å². The highest BCUT2D eigenvalue weighted by Gasteiger charge is 2.22. The number of Topliss-reactive ketones (excluding diaryl/α,β-unsaturated/α-hetero) is 1. The maximum atomic E-state index is 11.6. The summed E-state index contributed by atoms with van der Waals surface area (Å²) < 4.78 is 5.68. The van der Waals surface area contributed by atoms with Gasteiger partial charge in [0.1, 0.15) is 5.75 Å². The molecule has 0 N–H and O–H groups in total. The van der Waals surface area contributed by atoms with Crippen molar-refractivity contribution in [1.82, 2.24) is 4.90 Å². The van der Waals surface area contributed by atoms with E-state index in [-0.39, 0.29) is 11.3 Å². The summed E-state index contributed by atoms with van der Waals surface area (Å²) in [7, 11) is 2.11. The van der Waals surface area contributed by atoms with Crippen molar-refractivity contribution in [3.63, 3.8) is 0 Å². The largest absolute Gasteiger partial charge is 0.494 e. The summed E-state index contributed by atoms with van der Waals surface area (Å²) in [5.74, 6) is 0.961. The summed E-state index contributed by atoms with van der Waals surface area (Å²) in [6.45, 7) is 11.6. The van der Waals surface area contributed by atoms with Crippen molar-refractivity contribution in [3.05, 3.63) is 29.3 Å². The topological polar surface area (TPSA) is 29.5 Å². The zero-order valence-corrected chi connectivity index (χ0v) is 13.6. The van der Waals surface area contributed by atoms with Crippen LogP contribution in [0.25, 0.3) is 0 Å². The van der Waals surface area contributed by atoms with Gasteiger partial charge in [-0.3, -0.25) is 9.69 Å². The van der Waals surface area contributed by atoms with Crippen LogP contribution in [0.2, 0.25) is 0 Å². The van der Waals surface area contributed by atoms with E-state index in [4.69, 9.17) is 4.74 Å². The molecule has 0 aromatic heterocycles. The summed E-state index contributed by atoms with van der Waals surface area (Å²) >= 11 is 0. The van der Waals surface area contributed by atoms with Crippen LogP contribution in [0, 0.1) is 0 Å². The summed E-state index contributed by atoms with van der Waals surface area (Å²) in [5, 5.41) is 0. The Morgan fingerprint density at radius 3 is 2.45 bits per heavy atom. The van der Waals surface area contributed by atoms with Crippen molar-refractivity contribution in [2.75, 3.05) is 13.7 Å². The average Bonchev–Trinajstić information content (AvgIpc) is 2.40. The number of rotatable bonds is 7. The fourth-order valence-corrected chi connectivity index (χ4v) is 1.96. The quantitative estimate of drug-likeness (QED) is 0.708. The standard InChI is InChI=1S/C17H27NO2/c1-7-17(4,5)18(6)12-15-11-14(13(3)19)9-10-16(15)20-8-2/h9-11H,7-8,12H2,1-6H3. The van der Waals surface area contributed by atoms with E-state index >= 15 is 0 Å². The van der Waals surface area contributed by atoms with Gasteiger partial charge in [0.25, 0.3) is 0 Å². The van der Waals surface area contributed by atoms with Crippen LogP contribution in [0.15, 0.2) is 18.2 Å². The Labute approximate surface area is 122 Å². The predicted molar refractivity (Wildman–Crippen MR) is 83.5 cm³/mol. The third-order valence-corrected chi connectivity index (χ3v) is 4.07. The lowest BCUT2D eigenvalue weighted by molar-refractivity contribution is 0.101. The van der Waals surface area contributed by atoms with Crippen LogP contribution in [0.3, 0.4) is 0 Å². The number of ketones is 1. The van der Waals surface area contributed by atoms with Gasteiger partial charge in [0.05, 0.1) is 6.61 Å². The molecule has 1 rings (SSSR count). The lowest BCUT2D eigenvalue weighted by Crippen LogP contribution is -2.39. The molecule has 20 heavy (non-hydrogen) atoms. The molecule has 0 heterocycles. The van der Waals surface area contributed by atoms with Crippen LogP contribution in [0.5, 0.6) is 5.75 Å². The molecule has 0 aliphatic carbocycles. The molecule has 1 aromatic carbocycles. The Morgan fingerprint density at radius 1 is 1.30 bits per heavy atom. The van der Waals surface area contributed by atoms with Gasteiger partial charge in [0.15, 0.2) is 5.78 Å². The average molecular weight is 277 g/mol. The first-order chi connectivity index (χ1) is 9.31. The summed E-state index contributed by atoms with van der Waals surface area (Å²) in [6, 6.07) is 5.69. The van der Waals surface area contributed by atoms with Crippen molar-refractivity contribution in [1.29, 1.82) is 0 Å². The Kier molecular flexibility index (Phi) is 5.75. The van der Waals surface area contributed by atoms with Gasteiger partial charge < -0.3 is 4.74 Å². The maximum absolute atomic E-state index is 11.6. The van der Waals surface area contributed by atoms with E-state index in [1.54, 1.807) is 6.92 Å². The Bertz CT molecular complexity index is 466. The summed E-state index contributed by atoms with van der Waals surface area (Å²) in [4.78, 5) is 13.9. The van der Waals surface area contributed by atoms with Gasteiger partial charge in [0, 0.05) is 23.2 Å². The minimum absolute atomic E-state index is 0.0895. The number of hydrogen-bond donors (Lipinski definition) is 0. The van der Waals surface area contributed by atoms with E-state index in [2.05, 4.69) is 32.7 Å². The minimum Gasteiger partial charge on any atom is -0.494 e. The molecule has 3 heteroatoms. The second-order valence-corrected chi connectivity index (χ2v) is 5.83. The third kappa shape index (κ3) is 4.07. The molecule has 0 amide bonds. The fraction of sp³-hybridized carbons (Fsp3) is 0.588. The van der Waals surface area contributed by atoms with Crippen LogP contribution >= 0.6 is 0 Å². The first kappa shape index (κ1) is 16.7.